The fourth-order valence-corrected chi connectivity index (χ4v) is 4.66. The first-order chi connectivity index (χ1) is 15.9. The van der Waals surface area contributed by atoms with Crippen molar-refractivity contribution in [2.24, 2.45) is 0 Å². The largest absolute Gasteiger partial charge is 0.481 e. The molecule has 33 heavy (non-hydrogen) atoms. The van der Waals surface area contributed by atoms with E-state index in [2.05, 4.69) is 16.6 Å². The lowest BCUT2D eigenvalue weighted by Crippen LogP contribution is -2.59. The molecule has 1 unspecified atom stereocenters. The van der Waals surface area contributed by atoms with Gasteiger partial charge in [-0.15, -0.1) is 12.3 Å². The van der Waals surface area contributed by atoms with Crippen LogP contribution >= 0.6 is 0 Å². The first kappa shape index (κ1) is 22.4. The normalized spacial score (nSPS) is 16.3. The van der Waals surface area contributed by atoms with Crippen molar-refractivity contribution < 1.29 is 24.2 Å². The van der Waals surface area contributed by atoms with Crippen LogP contribution in [0.15, 0.2) is 48.5 Å². The van der Waals surface area contributed by atoms with Gasteiger partial charge in [0.2, 0.25) is 5.91 Å². The van der Waals surface area contributed by atoms with Crippen LogP contribution in [0, 0.1) is 12.3 Å². The van der Waals surface area contributed by atoms with Gasteiger partial charge in [0.15, 0.2) is 0 Å². The molecule has 1 saturated carbocycles. The maximum absolute atomic E-state index is 12.8. The second-order valence-corrected chi connectivity index (χ2v) is 8.62. The highest BCUT2D eigenvalue weighted by atomic mass is 16.5. The van der Waals surface area contributed by atoms with Crippen LogP contribution in [0.2, 0.25) is 0 Å². The Hall–Kier alpha value is -3.79. The summed E-state index contributed by atoms with van der Waals surface area (Å²) in [5.74, 6) is 0.657. The molecule has 0 radical (unpaired) electrons. The number of amides is 2. The Labute approximate surface area is 192 Å². The van der Waals surface area contributed by atoms with E-state index in [9.17, 15) is 19.5 Å². The number of hydrogen-bond acceptors (Lipinski definition) is 4. The van der Waals surface area contributed by atoms with Crippen LogP contribution in [0.5, 0.6) is 0 Å². The minimum Gasteiger partial charge on any atom is -0.481 e. The predicted octanol–water partition coefficient (Wildman–Crippen LogP) is 3.43. The molecule has 2 aliphatic carbocycles. The molecule has 0 heterocycles. The molecule has 2 aromatic carbocycles. The van der Waals surface area contributed by atoms with E-state index in [-0.39, 0.29) is 12.5 Å². The number of aliphatic carboxylic acids is 1. The number of carbonyl (C=O) groups is 3. The first-order valence-corrected chi connectivity index (χ1v) is 11.0. The van der Waals surface area contributed by atoms with Gasteiger partial charge in [0.25, 0.3) is 0 Å². The number of carboxylic acid groups (broad SMARTS) is 1. The van der Waals surface area contributed by atoms with Gasteiger partial charge in [-0.2, -0.15) is 0 Å². The van der Waals surface area contributed by atoms with E-state index in [0.717, 1.165) is 41.5 Å². The van der Waals surface area contributed by atoms with Gasteiger partial charge >= 0.3 is 12.1 Å². The number of ether oxygens (including phenoxy) is 1. The second-order valence-electron chi connectivity index (χ2n) is 8.62. The lowest BCUT2D eigenvalue weighted by atomic mass is 9.74. The quantitative estimate of drug-likeness (QED) is 0.539. The van der Waals surface area contributed by atoms with Gasteiger partial charge in [-0.3, -0.25) is 9.59 Å². The van der Waals surface area contributed by atoms with Crippen molar-refractivity contribution in [1.29, 1.82) is 0 Å². The van der Waals surface area contributed by atoms with Crippen LogP contribution < -0.4 is 10.6 Å². The van der Waals surface area contributed by atoms with Crippen LogP contribution in [0.3, 0.4) is 0 Å². The topological polar surface area (TPSA) is 105 Å². The minimum atomic E-state index is -1.26. The standard InChI is InChI=1S/C26H26N2O5/c1-2-12-26(13-7-14-26)28-24(31)22(15-23(29)30)27-25(32)33-16-21-19-10-5-3-8-17(19)18-9-4-6-11-20(18)21/h1,3-6,8-11,21-22H,7,12-16H2,(H,27,32)(H,28,31)(H,29,30). The highest BCUT2D eigenvalue weighted by Gasteiger charge is 2.39. The fraction of sp³-hybridized carbons (Fsp3) is 0.346. The van der Waals surface area contributed by atoms with Crippen LogP contribution in [0.25, 0.3) is 11.1 Å². The second kappa shape index (κ2) is 9.37. The average molecular weight is 447 g/mol. The molecule has 1 fully saturated rings. The summed E-state index contributed by atoms with van der Waals surface area (Å²) < 4.78 is 5.46. The first-order valence-electron chi connectivity index (χ1n) is 11.0. The van der Waals surface area contributed by atoms with Crippen molar-refractivity contribution in [2.45, 2.75) is 49.6 Å². The smallest absolute Gasteiger partial charge is 0.407 e. The summed E-state index contributed by atoms with van der Waals surface area (Å²) in [4.78, 5) is 36.6. The average Bonchev–Trinajstić information content (AvgIpc) is 3.09. The van der Waals surface area contributed by atoms with Crippen LogP contribution in [0.1, 0.15) is 49.1 Å². The van der Waals surface area contributed by atoms with Gasteiger partial charge < -0.3 is 20.5 Å². The summed E-state index contributed by atoms with van der Waals surface area (Å²) in [6.07, 6.45) is 6.79. The van der Waals surface area contributed by atoms with Crippen molar-refractivity contribution in [3.05, 3.63) is 59.7 Å². The van der Waals surface area contributed by atoms with Crippen LogP contribution in [-0.4, -0.2) is 41.3 Å². The summed E-state index contributed by atoms with van der Waals surface area (Å²) >= 11 is 0. The van der Waals surface area contributed by atoms with Gasteiger partial charge in [0.05, 0.1) is 12.0 Å². The number of carbonyl (C=O) groups excluding carboxylic acids is 2. The van der Waals surface area contributed by atoms with Crippen LogP contribution in [-0.2, 0) is 14.3 Å². The summed E-state index contributed by atoms with van der Waals surface area (Å²) in [6.45, 7) is 0.0717. The molecule has 7 nitrogen and oxygen atoms in total. The molecule has 2 aliphatic rings. The highest BCUT2D eigenvalue weighted by molar-refractivity contribution is 5.90. The molecule has 0 spiro atoms. The van der Waals surface area contributed by atoms with E-state index in [4.69, 9.17) is 11.2 Å². The SMILES string of the molecule is C#CCC1(NC(=O)C(CC(=O)O)NC(=O)OCC2c3ccccc3-c3ccccc32)CCC1. The van der Waals surface area contributed by atoms with E-state index in [1.165, 1.54) is 0 Å². The third kappa shape index (κ3) is 4.70. The van der Waals surface area contributed by atoms with E-state index in [0.29, 0.717) is 6.42 Å². The Kier molecular flexibility index (Phi) is 6.36. The van der Waals surface area contributed by atoms with Gasteiger partial charge in [-0.05, 0) is 41.5 Å². The molecule has 7 heteroatoms. The number of terminal acetylenes is 1. The van der Waals surface area contributed by atoms with Gasteiger partial charge in [-0.25, -0.2) is 4.79 Å². The third-order valence-electron chi connectivity index (χ3n) is 6.47. The van der Waals surface area contributed by atoms with Crippen molar-refractivity contribution in [1.82, 2.24) is 10.6 Å². The summed E-state index contributed by atoms with van der Waals surface area (Å²) in [6, 6.07) is 14.6. The van der Waals surface area contributed by atoms with Crippen molar-refractivity contribution in [3.8, 4) is 23.5 Å². The summed E-state index contributed by atoms with van der Waals surface area (Å²) in [5.41, 5.74) is 3.81. The lowest BCUT2D eigenvalue weighted by molar-refractivity contribution is -0.140. The zero-order valence-corrected chi connectivity index (χ0v) is 18.2. The number of nitrogens with one attached hydrogen (secondary N) is 2. The maximum Gasteiger partial charge on any atom is 0.407 e. The number of benzene rings is 2. The fourth-order valence-electron chi connectivity index (χ4n) is 4.66. The van der Waals surface area contributed by atoms with E-state index < -0.39 is 36.0 Å². The Balaban J connectivity index is 1.42. The van der Waals surface area contributed by atoms with Crippen LogP contribution in [0.4, 0.5) is 4.79 Å². The van der Waals surface area contributed by atoms with Crippen molar-refractivity contribution >= 4 is 18.0 Å². The van der Waals surface area contributed by atoms with Crippen molar-refractivity contribution in [3.63, 3.8) is 0 Å². The highest BCUT2D eigenvalue weighted by Crippen LogP contribution is 2.44. The zero-order chi connectivity index (χ0) is 23.4. The molecule has 170 valence electrons. The minimum absolute atomic E-state index is 0.0717. The Morgan fingerprint density at radius 1 is 1.09 bits per heavy atom. The Morgan fingerprint density at radius 2 is 1.70 bits per heavy atom. The molecule has 3 N–H and O–H groups in total. The third-order valence-corrected chi connectivity index (χ3v) is 6.47. The van der Waals surface area contributed by atoms with E-state index >= 15 is 0 Å². The zero-order valence-electron chi connectivity index (χ0n) is 18.2. The molecule has 2 amide bonds. The molecule has 0 saturated heterocycles. The van der Waals surface area contributed by atoms with Gasteiger partial charge in [0.1, 0.15) is 12.6 Å². The van der Waals surface area contributed by atoms with Gasteiger partial charge in [-0.1, -0.05) is 48.5 Å². The number of rotatable bonds is 8. The lowest BCUT2D eigenvalue weighted by Gasteiger charge is -2.42. The Bertz CT molecular complexity index is 1070. The van der Waals surface area contributed by atoms with Crippen molar-refractivity contribution in [2.75, 3.05) is 6.61 Å². The number of hydrogen-bond donors (Lipinski definition) is 3. The number of fused-ring (bicyclic) bond motifs is 3. The summed E-state index contributed by atoms with van der Waals surface area (Å²) in [7, 11) is 0. The molecular weight excluding hydrogens is 420 g/mol. The monoisotopic (exact) mass is 446 g/mol. The van der Waals surface area contributed by atoms with Gasteiger partial charge in [0, 0.05) is 12.3 Å². The van der Waals surface area contributed by atoms with E-state index in [1.54, 1.807) is 0 Å². The summed E-state index contributed by atoms with van der Waals surface area (Å²) in [5, 5.41) is 14.5. The molecular formula is C26H26N2O5. The Morgan fingerprint density at radius 3 is 2.21 bits per heavy atom. The maximum atomic E-state index is 12.8. The predicted molar refractivity (Wildman–Crippen MR) is 122 cm³/mol. The molecule has 1 atom stereocenters. The molecule has 0 aliphatic heterocycles. The molecule has 4 rings (SSSR count). The number of carboxylic acids is 1. The van der Waals surface area contributed by atoms with E-state index in [1.807, 2.05) is 48.5 Å². The number of alkyl carbamates (subject to hydrolysis) is 1. The molecule has 0 aromatic heterocycles. The molecule has 2 aromatic rings. The molecule has 0 bridgehead atoms.